The van der Waals surface area contributed by atoms with Crippen molar-refractivity contribution in [3.05, 3.63) is 0 Å². The number of aliphatic hydroxyl groups is 3. The van der Waals surface area contributed by atoms with E-state index in [4.69, 9.17) is 34.6 Å². The van der Waals surface area contributed by atoms with Gasteiger partial charge in [0, 0.05) is 0 Å². The summed E-state index contributed by atoms with van der Waals surface area (Å²) in [4.78, 5) is 25.6. The topological polar surface area (TPSA) is 147 Å². The van der Waals surface area contributed by atoms with Crippen molar-refractivity contribution in [1.29, 1.82) is 0 Å². The van der Waals surface area contributed by atoms with Crippen LogP contribution in [0, 0.1) is 0 Å². The molecule has 0 saturated carbocycles. The van der Waals surface area contributed by atoms with Gasteiger partial charge in [-0.1, -0.05) is 0 Å². The van der Waals surface area contributed by atoms with E-state index >= 15 is 0 Å². The third-order valence-electron chi connectivity index (χ3n) is 0. The molecule has 0 aliphatic rings. The summed E-state index contributed by atoms with van der Waals surface area (Å²) in [5.74, 6) is 0. The number of rotatable bonds is 0. The molecule has 14 heavy (non-hydrogen) atoms. The van der Waals surface area contributed by atoms with E-state index in [0.717, 1.165) is 107 Å². The van der Waals surface area contributed by atoms with E-state index in [0.29, 0.717) is 8.11 Å². The summed E-state index contributed by atoms with van der Waals surface area (Å²) >= 11 is 3.00. The van der Waals surface area contributed by atoms with Gasteiger partial charge in [0.25, 0.3) is 0 Å². The molecule has 74 valence electrons. The zero-order valence-electron chi connectivity index (χ0n) is 7.66. The SMILES string of the molecule is O=P([O-])([O-])[O-].O[CH2][Ca+].O[CH2][Ca+].O[CH2][Ca+]. The first-order valence-electron chi connectivity index (χ1n) is 3.18. The van der Waals surface area contributed by atoms with Crippen molar-refractivity contribution < 1.29 is 34.6 Å². The van der Waals surface area contributed by atoms with E-state index in [1.807, 2.05) is 0 Å². The maximum absolute atomic E-state index is 8.55. The molecule has 0 heterocycles. The van der Waals surface area contributed by atoms with Crippen molar-refractivity contribution in [3.63, 3.8) is 0 Å². The molecule has 11 heteroatoms. The second-order valence-electron chi connectivity index (χ2n) is 1.12. The molecular formula is C3H9Ca3O7P. The Kier molecular flexibility index (Phi) is 48.1. The van der Waals surface area contributed by atoms with Crippen LogP contribution >= 0.6 is 7.82 Å². The zero-order chi connectivity index (χ0) is 12.6. The molecule has 0 aromatic rings. The average Bonchev–Trinajstić information content (AvgIpc) is 1.86. The van der Waals surface area contributed by atoms with Gasteiger partial charge in [-0.3, -0.25) is 0 Å². The third kappa shape index (κ3) is 242. The van der Waals surface area contributed by atoms with E-state index in [2.05, 4.69) is 0 Å². The second-order valence-corrected chi connectivity index (χ2v) is 4.11. The standard InChI is InChI=1S/3CH3O.3Ca.H3O4P/c3*1-2;;;;1-5(2,3)4/h3*2H,1H2;;;;(H3,1,2,3,4)/q;;;3*+1;/p-3. The normalized spacial score (nSPS) is 8.29. The molecule has 0 atom stereocenters. The van der Waals surface area contributed by atoms with Gasteiger partial charge in [0.1, 0.15) is 0 Å². The molecule has 0 aromatic heterocycles. The molecule has 0 rings (SSSR count). The fourth-order valence-electron chi connectivity index (χ4n) is 0. The first kappa shape index (κ1) is 26.4. The Morgan fingerprint density at radius 3 is 0.857 bits per heavy atom. The molecule has 0 saturated heterocycles. The van der Waals surface area contributed by atoms with Crippen molar-refractivity contribution in [2.24, 2.45) is 0 Å². The van der Waals surface area contributed by atoms with Crippen LogP contribution < -0.4 is 14.7 Å². The van der Waals surface area contributed by atoms with Gasteiger partial charge >= 0.3 is 131 Å². The van der Waals surface area contributed by atoms with Gasteiger partial charge < -0.3 is 19.2 Å². The second kappa shape index (κ2) is 25.6. The summed E-state index contributed by atoms with van der Waals surface area (Å²) in [6.07, 6.45) is 0. The first-order valence-corrected chi connectivity index (χ1v) is 9.32. The van der Waals surface area contributed by atoms with Crippen LogP contribution in [0.15, 0.2) is 0 Å². The molecule has 7 nitrogen and oxygen atoms in total. The van der Waals surface area contributed by atoms with Crippen LogP contribution in [0.4, 0.5) is 0 Å². The van der Waals surface area contributed by atoms with Gasteiger partial charge in [0.15, 0.2) is 0 Å². The monoisotopic (exact) mass is 308 g/mol. The molecule has 0 aliphatic heterocycles. The molecule has 0 fully saturated rings. The van der Waals surface area contributed by atoms with Crippen LogP contribution in [-0.4, -0.2) is 131 Å². The summed E-state index contributed by atoms with van der Waals surface area (Å²) in [7, 11) is -5.39. The van der Waals surface area contributed by atoms with Crippen molar-refractivity contribution in [2.75, 3.05) is 8.11 Å². The first-order chi connectivity index (χ1) is 6.24. The van der Waals surface area contributed by atoms with Crippen molar-refractivity contribution in [2.45, 2.75) is 0 Å². The zero-order valence-corrected chi connectivity index (χ0v) is 15.2. The van der Waals surface area contributed by atoms with Crippen molar-refractivity contribution in [3.8, 4) is 0 Å². The molecule has 0 aliphatic carbocycles. The fraction of sp³-hybridized carbons (Fsp3) is 1.00. The summed E-state index contributed by atoms with van der Waals surface area (Å²) in [5.41, 5.74) is 0. The van der Waals surface area contributed by atoms with Crippen molar-refractivity contribution in [1.82, 2.24) is 0 Å². The van der Waals surface area contributed by atoms with Crippen LogP contribution in [-0.2, 0) is 4.57 Å². The van der Waals surface area contributed by atoms with E-state index < -0.39 is 7.82 Å². The molecule has 0 aromatic carbocycles. The Labute approximate surface area is 154 Å². The Hall–Kier alpha value is 3.77. The predicted molar refractivity (Wildman–Crippen MR) is 46.1 cm³/mol. The number of aliphatic hydroxyl groups excluding tert-OH is 3. The quantitative estimate of drug-likeness (QED) is 0.299. The van der Waals surface area contributed by atoms with Gasteiger partial charge in [0.05, 0.1) is 0 Å². The van der Waals surface area contributed by atoms with E-state index in [1.165, 1.54) is 0 Å². The summed E-state index contributed by atoms with van der Waals surface area (Å²) < 4.78 is 9.67. The van der Waals surface area contributed by atoms with E-state index in [9.17, 15) is 0 Å². The molecule has 0 unspecified atom stereocenters. The molecule has 0 radical (unpaired) electrons. The van der Waals surface area contributed by atoms with Crippen LogP contribution in [0.1, 0.15) is 0 Å². The number of hydrogen-bond donors (Lipinski definition) is 3. The van der Waals surface area contributed by atoms with Gasteiger partial charge in [-0.15, -0.1) is 0 Å². The minimum atomic E-state index is -5.39. The molecular weight excluding hydrogens is 299 g/mol. The molecule has 3 N–H and O–H groups in total. The summed E-state index contributed by atoms with van der Waals surface area (Å²) in [5, 5.41) is 22.9. The van der Waals surface area contributed by atoms with Crippen molar-refractivity contribution >= 4 is 115 Å². The fourth-order valence-corrected chi connectivity index (χ4v) is 0. The van der Waals surface area contributed by atoms with Gasteiger partial charge in [-0.25, -0.2) is 0 Å². The van der Waals surface area contributed by atoms with E-state index in [-0.39, 0.29) is 0 Å². The van der Waals surface area contributed by atoms with E-state index in [1.54, 1.807) is 0 Å². The Bertz CT molecular complexity index is 95.3. The Balaban J connectivity index is -0.0000000495. The molecule has 0 bridgehead atoms. The van der Waals surface area contributed by atoms with Gasteiger partial charge in [-0.2, -0.15) is 7.82 Å². The number of phosphoric acid groups is 1. The third-order valence-corrected chi connectivity index (χ3v) is 0. The Morgan fingerprint density at radius 2 is 0.857 bits per heavy atom. The summed E-state index contributed by atoms with van der Waals surface area (Å²) in [6, 6.07) is 0. The predicted octanol–water partition coefficient (Wildman–Crippen LogP) is -5.51. The molecule has 0 spiro atoms. The average molecular weight is 308 g/mol. The Morgan fingerprint density at radius 1 is 0.857 bits per heavy atom. The van der Waals surface area contributed by atoms with Gasteiger partial charge in [-0.05, 0) is 0 Å². The van der Waals surface area contributed by atoms with Crippen LogP contribution in [0.2, 0.25) is 0 Å². The molecule has 0 amide bonds. The van der Waals surface area contributed by atoms with Crippen LogP contribution in [0.5, 0.6) is 0 Å². The summed E-state index contributed by atoms with van der Waals surface area (Å²) in [6.45, 7) is 0. The van der Waals surface area contributed by atoms with Crippen LogP contribution in [0.25, 0.3) is 0 Å². The van der Waals surface area contributed by atoms with Crippen LogP contribution in [0.3, 0.4) is 0 Å². The minimum absolute atomic E-state index is 0.375. The number of hydrogen-bond acceptors (Lipinski definition) is 7. The maximum atomic E-state index is 8.55. The van der Waals surface area contributed by atoms with Gasteiger partial charge in [0.2, 0.25) is 0 Å².